The van der Waals surface area contributed by atoms with E-state index in [4.69, 9.17) is 19.2 Å². The molecule has 0 radical (unpaired) electrons. The van der Waals surface area contributed by atoms with E-state index >= 15 is 0 Å². The number of esters is 1. The molecule has 11 heteroatoms. The topological polar surface area (TPSA) is 88.4 Å². The first-order valence-electron chi connectivity index (χ1n) is 12.7. The molecule has 1 aromatic heterocycles. The lowest BCUT2D eigenvalue weighted by molar-refractivity contribution is -0.138. The number of carbonyl (C=O) groups excluding carboxylic acids is 1. The van der Waals surface area contributed by atoms with Crippen molar-refractivity contribution in [1.29, 1.82) is 0 Å². The minimum absolute atomic E-state index is 0.00741. The molecule has 6 rings (SSSR count). The van der Waals surface area contributed by atoms with E-state index < -0.39 is 18.6 Å². The Labute approximate surface area is 236 Å². The van der Waals surface area contributed by atoms with Crippen LogP contribution in [0, 0.1) is 0 Å². The lowest BCUT2D eigenvalue weighted by atomic mass is 9.93. The fraction of sp³-hybridized carbons (Fsp3) is 0.167. The summed E-state index contributed by atoms with van der Waals surface area (Å²) in [6.07, 6.45) is 1.64. The van der Waals surface area contributed by atoms with Gasteiger partial charge in [-0.2, -0.15) is 8.78 Å². The lowest BCUT2D eigenvalue weighted by Crippen LogP contribution is -2.40. The zero-order chi connectivity index (χ0) is 28.5. The van der Waals surface area contributed by atoms with Crippen LogP contribution < -0.4 is 29.1 Å². The molecule has 41 heavy (non-hydrogen) atoms. The van der Waals surface area contributed by atoms with Crippen LogP contribution in [-0.4, -0.2) is 30.5 Å². The summed E-state index contributed by atoms with van der Waals surface area (Å²) in [6.45, 7) is -1.02. The quantitative estimate of drug-likeness (QED) is 0.306. The van der Waals surface area contributed by atoms with Gasteiger partial charge < -0.3 is 18.9 Å². The third-order valence-corrected chi connectivity index (χ3v) is 7.47. The van der Waals surface area contributed by atoms with Gasteiger partial charge in [-0.1, -0.05) is 59.9 Å². The van der Waals surface area contributed by atoms with Gasteiger partial charge in [-0.05, 0) is 48.4 Å². The number of ether oxygens (including phenoxy) is 4. The van der Waals surface area contributed by atoms with E-state index in [0.717, 1.165) is 11.3 Å². The monoisotopic (exact) mass is 576 g/mol. The van der Waals surface area contributed by atoms with Crippen molar-refractivity contribution in [2.45, 2.75) is 19.6 Å². The summed E-state index contributed by atoms with van der Waals surface area (Å²) in [4.78, 5) is 32.7. The maximum Gasteiger partial charge on any atom is 0.387 e. The standard InChI is InChI=1S/C30H22F2N2O6S/c1-2-37-28(36)24-25(18-6-4-3-5-7-18)33-30-34(26(24)19-10-13-21-22(15-19)39-16-38-21)27(35)23(41-30)14-17-8-11-20(12-9-17)40-29(31)32/h3-15,26,29H,2,16H2,1H3/b23-14+/t26-/m0/s1. The number of halogens is 2. The molecule has 0 saturated heterocycles. The second-order valence-electron chi connectivity index (χ2n) is 8.99. The van der Waals surface area contributed by atoms with Gasteiger partial charge in [-0.15, -0.1) is 0 Å². The number of rotatable bonds is 7. The summed E-state index contributed by atoms with van der Waals surface area (Å²) in [5.74, 6) is 0.470. The average molecular weight is 577 g/mol. The van der Waals surface area contributed by atoms with E-state index in [1.807, 2.05) is 30.3 Å². The van der Waals surface area contributed by atoms with Crippen molar-refractivity contribution in [2.24, 2.45) is 4.99 Å². The Morgan fingerprint density at radius 2 is 1.85 bits per heavy atom. The van der Waals surface area contributed by atoms with Crippen molar-refractivity contribution in [3.8, 4) is 17.2 Å². The molecule has 8 nitrogen and oxygen atoms in total. The van der Waals surface area contributed by atoms with Crippen molar-refractivity contribution in [2.75, 3.05) is 13.4 Å². The average Bonchev–Trinajstić information content (AvgIpc) is 3.57. The van der Waals surface area contributed by atoms with Crippen LogP contribution in [0.3, 0.4) is 0 Å². The highest BCUT2D eigenvalue weighted by Crippen LogP contribution is 2.40. The van der Waals surface area contributed by atoms with Gasteiger partial charge in [0.05, 0.1) is 28.5 Å². The number of thiazole rings is 1. The molecule has 3 aromatic carbocycles. The maximum absolute atomic E-state index is 13.9. The summed E-state index contributed by atoms with van der Waals surface area (Å²) >= 11 is 1.16. The molecule has 208 valence electrons. The van der Waals surface area contributed by atoms with Crippen LogP contribution in [-0.2, 0) is 9.53 Å². The highest BCUT2D eigenvalue weighted by Gasteiger charge is 2.36. The largest absolute Gasteiger partial charge is 0.463 e. The van der Waals surface area contributed by atoms with Crippen LogP contribution in [0.1, 0.15) is 29.7 Å². The van der Waals surface area contributed by atoms with Gasteiger partial charge in [-0.25, -0.2) is 9.79 Å². The Bertz CT molecular complexity index is 1830. The normalized spacial score (nSPS) is 16.0. The molecular weight excluding hydrogens is 554 g/mol. The minimum atomic E-state index is -2.94. The molecule has 0 fully saturated rings. The number of benzene rings is 3. The molecule has 0 amide bonds. The first kappa shape index (κ1) is 26.5. The molecule has 1 atom stereocenters. The Hall–Kier alpha value is -4.77. The number of nitrogens with zero attached hydrogens (tertiary/aromatic N) is 2. The summed E-state index contributed by atoms with van der Waals surface area (Å²) in [6, 6.07) is 19.6. The maximum atomic E-state index is 13.9. The van der Waals surface area contributed by atoms with Crippen LogP contribution in [0.15, 0.2) is 88.2 Å². The van der Waals surface area contributed by atoms with Crippen LogP contribution in [0.2, 0.25) is 0 Å². The third kappa shape index (κ3) is 5.11. The summed E-state index contributed by atoms with van der Waals surface area (Å²) in [7, 11) is 0. The van der Waals surface area contributed by atoms with Gasteiger partial charge in [0.15, 0.2) is 16.3 Å². The fourth-order valence-electron chi connectivity index (χ4n) is 4.74. The number of fused-ring (bicyclic) bond motifs is 2. The summed E-state index contributed by atoms with van der Waals surface area (Å²) in [5.41, 5.74) is 2.13. The molecular formula is C30H22F2N2O6S. The second kappa shape index (κ2) is 11.0. The fourth-order valence-corrected chi connectivity index (χ4v) is 5.74. The van der Waals surface area contributed by atoms with E-state index in [-0.39, 0.29) is 30.3 Å². The van der Waals surface area contributed by atoms with Crippen molar-refractivity contribution in [3.63, 3.8) is 0 Å². The molecule has 0 unspecified atom stereocenters. The summed E-state index contributed by atoms with van der Waals surface area (Å²) < 4.78 is 47.9. The zero-order valence-corrected chi connectivity index (χ0v) is 22.4. The summed E-state index contributed by atoms with van der Waals surface area (Å²) in [5, 5.41) is 0. The van der Waals surface area contributed by atoms with Crippen LogP contribution >= 0.6 is 11.3 Å². The zero-order valence-electron chi connectivity index (χ0n) is 21.6. The molecule has 0 aliphatic carbocycles. The van der Waals surface area contributed by atoms with E-state index in [1.54, 1.807) is 43.3 Å². The van der Waals surface area contributed by atoms with Gasteiger partial charge >= 0.3 is 12.6 Å². The molecule has 0 spiro atoms. The second-order valence-corrected chi connectivity index (χ2v) is 10.0. The molecule has 3 heterocycles. The molecule has 2 aliphatic rings. The van der Waals surface area contributed by atoms with Crippen molar-refractivity contribution in [3.05, 3.63) is 115 Å². The SMILES string of the molecule is CCOC(=O)C1=C(c2ccccc2)N=c2s/c(=C/c3ccc(OC(F)F)cc3)c(=O)n2[C@H]1c1ccc2c(c1)OCO2. The molecule has 2 aliphatic heterocycles. The van der Waals surface area contributed by atoms with Gasteiger partial charge in [0.1, 0.15) is 5.75 Å². The number of alkyl halides is 2. The predicted molar refractivity (Wildman–Crippen MR) is 147 cm³/mol. The Morgan fingerprint density at radius 3 is 2.59 bits per heavy atom. The van der Waals surface area contributed by atoms with E-state index in [2.05, 4.69) is 4.74 Å². The van der Waals surface area contributed by atoms with Crippen LogP contribution in [0.25, 0.3) is 11.8 Å². The predicted octanol–water partition coefficient (Wildman–Crippen LogP) is 4.27. The van der Waals surface area contributed by atoms with Gasteiger partial charge in [0, 0.05) is 5.56 Å². The van der Waals surface area contributed by atoms with Crippen molar-refractivity contribution in [1.82, 2.24) is 4.57 Å². The molecule has 0 saturated carbocycles. The first-order chi connectivity index (χ1) is 19.9. The van der Waals surface area contributed by atoms with Crippen molar-refractivity contribution >= 4 is 29.1 Å². The molecule has 0 bridgehead atoms. The Balaban J connectivity index is 1.57. The first-order valence-corrected chi connectivity index (χ1v) is 13.5. The Morgan fingerprint density at radius 1 is 1.10 bits per heavy atom. The molecule has 0 N–H and O–H groups in total. The van der Waals surface area contributed by atoms with Gasteiger partial charge in [0.2, 0.25) is 6.79 Å². The highest BCUT2D eigenvalue weighted by atomic mass is 32.1. The van der Waals surface area contributed by atoms with E-state index in [0.29, 0.717) is 43.2 Å². The number of hydrogen-bond donors (Lipinski definition) is 0. The van der Waals surface area contributed by atoms with Crippen LogP contribution in [0.5, 0.6) is 17.2 Å². The highest BCUT2D eigenvalue weighted by molar-refractivity contribution is 7.07. The number of carbonyl (C=O) groups is 1. The number of hydrogen-bond acceptors (Lipinski definition) is 8. The van der Waals surface area contributed by atoms with Crippen molar-refractivity contribution < 1.29 is 32.5 Å². The minimum Gasteiger partial charge on any atom is -0.463 e. The van der Waals surface area contributed by atoms with Gasteiger partial charge in [0.25, 0.3) is 5.56 Å². The van der Waals surface area contributed by atoms with E-state index in [1.165, 1.54) is 16.7 Å². The smallest absolute Gasteiger partial charge is 0.387 e. The lowest BCUT2D eigenvalue weighted by Gasteiger charge is -2.26. The molecule has 4 aromatic rings. The third-order valence-electron chi connectivity index (χ3n) is 6.49. The number of aromatic nitrogens is 1. The van der Waals surface area contributed by atoms with E-state index in [9.17, 15) is 18.4 Å². The van der Waals surface area contributed by atoms with Crippen LogP contribution in [0.4, 0.5) is 8.78 Å². The van der Waals surface area contributed by atoms with Gasteiger partial charge in [-0.3, -0.25) is 9.36 Å². The Kier molecular flexibility index (Phi) is 7.10.